The van der Waals surface area contributed by atoms with E-state index >= 15 is 0 Å². The van der Waals surface area contributed by atoms with Gasteiger partial charge in [-0.1, -0.05) is 42.5 Å². The van der Waals surface area contributed by atoms with E-state index in [4.69, 9.17) is 0 Å². The minimum Gasteiger partial charge on any atom is -0.370 e. The van der Waals surface area contributed by atoms with Crippen LogP contribution in [-0.4, -0.2) is 16.5 Å². The van der Waals surface area contributed by atoms with Crippen molar-refractivity contribution in [3.8, 4) is 0 Å². The van der Waals surface area contributed by atoms with Crippen molar-refractivity contribution in [1.29, 1.82) is 0 Å². The van der Waals surface area contributed by atoms with Crippen LogP contribution in [0.15, 0.2) is 60.8 Å². The number of rotatable bonds is 7. The van der Waals surface area contributed by atoms with Gasteiger partial charge in [0.05, 0.1) is 0 Å². The number of anilines is 3. The second-order valence-corrected chi connectivity index (χ2v) is 6.15. The number of aromatic nitrogens is 2. The Balaban J connectivity index is 1.55. The third-order valence-corrected chi connectivity index (χ3v) is 4.30. The summed E-state index contributed by atoms with van der Waals surface area (Å²) < 4.78 is 0. The molecular formula is C21H24N4. The Morgan fingerprint density at radius 2 is 1.76 bits per heavy atom. The molecule has 0 bridgehead atoms. The van der Waals surface area contributed by atoms with Gasteiger partial charge in [-0.15, -0.1) is 0 Å². The molecule has 1 aromatic heterocycles. The van der Waals surface area contributed by atoms with Crippen LogP contribution in [0.4, 0.5) is 17.5 Å². The van der Waals surface area contributed by atoms with Crippen molar-refractivity contribution in [2.45, 2.75) is 26.7 Å². The van der Waals surface area contributed by atoms with Crippen LogP contribution < -0.4 is 10.6 Å². The second kappa shape index (κ2) is 8.29. The lowest BCUT2D eigenvalue weighted by Crippen LogP contribution is -2.07. The van der Waals surface area contributed by atoms with E-state index in [0.717, 1.165) is 30.9 Å². The Bertz CT molecular complexity index is 815. The molecule has 0 unspecified atom stereocenters. The first-order valence-electron chi connectivity index (χ1n) is 8.66. The zero-order valence-corrected chi connectivity index (χ0v) is 14.8. The highest BCUT2D eigenvalue weighted by Gasteiger charge is 2.04. The van der Waals surface area contributed by atoms with Gasteiger partial charge in [-0.05, 0) is 55.5 Å². The molecule has 2 aromatic carbocycles. The summed E-state index contributed by atoms with van der Waals surface area (Å²) in [5, 5.41) is 6.68. The van der Waals surface area contributed by atoms with E-state index in [9.17, 15) is 0 Å². The van der Waals surface area contributed by atoms with Crippen LogP contribution in [0.2, 0.25) is 0 Å². The molecule has 2 N–H and O–H groups in total. The summed E-state index contributed by atoms with van der Waals surface area (Å²) >= 11 is 0. The van der Waals surface area contributed by atoms with Crippen LogP contribution in [0, 0.1) is 13.8 Å². The highest BCUT2D eigenvalue weighted by Crippen LogP contribution is 2.21. The Hall–Kier alpha value is -2.88. The standard InChI is InChI=1S/C21H24N4/c1-16-8-6-12-19(17(16)2)24-21-23-15-13-20(25-21)22-14-7-11-18-9-4-3-5-10-18/h3-6,8-10,12-13,15H,7,11,14H2,1-2H3,(H2,22,23,24,25). The fourth-order valence-electron chi connectivity index (χ4n) is 2.68. The molecule has 4 nitrogen and oxygen atoms in total. The molecule has 0 saturated heterocycles. The van der Waals surface area contributed by atoms with E-state index in [2.05, 4.69) is 64.8 Å². The maximum Gasteiger partial charge on any atom is 0.229 e. The van der Waals surface area contributed by atoms with Gasteiger partial charge in [-0.25, -0.2) is 4.98 Å². The first-order valence-corrected chi connectivity index (χ1v) is 8.66. The van der Waals surface area contributed by atoms with E-state index in [1.807, 2.05) is 24.3 Å². The third-order valence-electron chi connectivity index (χ3n) is 4.30. The van der Waals surface area contributed by atoms with Gasteiger partial charge in [0.2, 0.25) is 5.95 Å². The van der Waals surface area contributed by atoms with Crippen molar-refractivity contribution >= 4 is 17.5 Å². The maximum absolute atomic E-state index is 4.55. The molecule has 0 amide bonds. The Morgan fingerprint density at radius 1 is 0.920 bits per heavy atom. The predicted octanol–water partition coefficient (Wildman–Crippen LogP) is 4.88. The first kappa shape index (κ1) is 17.0. The lowest BCUT2D eigenvalue weighted by atomic mass is 10.1. The number of benzene rings is 2. The van der Waals surface area contributed by atoms with Crippen molar-refractivity contribution in [2.24, 2.45) is 0 Å². The van der Waals surface area contributed by atoms with E-state index in [1.165, 1.54) is 16.7 Å². The zero-order chi connectivity index (χ0) is 17.5. The van der Waals surface area contributed by atoms with Crippen molar-refractivity contribution in [1.82, 2.24) is 9.97 Å². The maximum atomic E-state index is 4.55. The van der Waals surface area contributed by atoms with E-state index in [1.54, 1.807) is 6.20 Å². The Labute approximate surface area is 149 Å². The molecule has 3 aromatic rings. The molecule has 0 radical (unpaired) electrons. The second-order valence-electron chi connectivity index (χ2n) is 6.15. The normalized spacial score (nSPS) is 10.5. The van der Waals surface area contributed by atoms with E-state index in [-0.39, 0.29) is 0 Å². The van der Waals surface area contributed by atoms with Gasteiger partial charge in [0.1, 0.15) is 5.82 Å². The first-order chi connectivity index (χ1) is 12.2. The van der Waals surface area contributed by atoms with Gasteiger partial charge in [-0.3, -0.25) is 0 Å². The van der Waals surface area contributed by atoms with Gasteiger partial charge in [0.15, 0.2) is 0 Å². The summed E-state index contributed by atoms with van der Waals surface area (Å²) in [4.78, 5) is 8.87. The number of hydrogen-bond donors (Lipinski definition) is 2. The summed E-state index contributed by atoms with van der Waals surface area (Å²) in [6, 6.07) is 18.6. The minimum atomic E-state index is 0.613. The molecule has 25 heavy (non-hydrogen) atoms. The van der Waals surface area contributed by atoms with Crippen molar-refractivity contribution in [2.75, 3.05) is 17.2 Å². The number of nitrogens with zero attached hydrogens (tertiary/aromatic N) is 2. The molecule has 1 heterocycles. The predicted molar refractivity (Wildman–Crippen MR) is 104 cm³/mol. The molecule has 0 aliphatic carbocycles. The lowest BCUT2D eigenvalue weighted by molar-refractivity contribution is 0.858. The number of aryl methyl sites for hydroxylation is 2. The molecule has 0 aliphatic heterocycles. The summed E-state index contributed by atoms with van der Waals surface area (Å²) in [6.07, 6.45) is 3.90. The monoisotopic (exact) mass is 332 g/mol. The Kier molecular flexibility index (Phi) is 5.62. The van der Waals surface area contributed by atoms with Gasteiger partial charge >= 0.3 is 0 Å². The molecule has 0 aliphatic rings. The molecule has 0 saturated carbocycles. The minimum absolute atomic E-state index is 0.613. The van der Waals surface area contributed by atoms with Crippen LogP contribution in [0.25, 0.3) is 0 Å². The zero-order valence-electron chi connectivity index (χ0n) is 14.8. The molecule has 0 atom stereocenters. The van der Waals surface area contributed by atoms with Crippen LogP contribution in [0.1, 0.15) is 23.1 Å². The van der Waals surface area contributed by atoms with E-state index in [0.29, 0.717) is 5.95 Å². The van der Waals surface area contributed by atoms with Crippen molar-refractivity contribution in [3.63, 3.8) is 0 Å². The Morgan fingerprint density at radius 3 is 2.60 bits per heavy atom. The molecule has 128 valence electrons. The number of nitrogens with one attached hydrogen (secondary N) is 2. The highest BCUT2D eigenvalue weighted by molar-refractivity contribution is 5.60. The van der Waals surface area contributed by atoms with Gasteiger partial charge in [0.25, 0.3) is 0 Å². The van der Waals surface area contributed by atoms with E-state index < -0.39 is 0 Å². The van der Waals surface area contributed by atoms with Gasteiger partial charge in [-0.2, -0.15) is 4.98 Å². The van der Waals surface area contributed by atoms with Crippen LogP contribution in [0.3, 0.4) is 0 Å². The molecule has 3 rings (SSSR count). The summed E-state index contributed by atoms with van der Waals surface area (Å²) in [5.74, 6) is 1.46. The van der Waals surface area contributed by atoms with Gasteiger partial charge < -0.3 is 10.6 Å². The smallest absolute Gasteiger partial charge is 0.229 e. The fraction of sp³-hybridized carbons (Fsp3) is 0.238. The quantitative estimate of drug-likeness (QED) is 0.605. The average molecular weight is 332 g/mol. The molecule has 0 fully saturated rings. The van der Waals surface area contributed by atoms with Crippen LogP contribution >= 0.6 is 0 Å². The summed E-state index contributed by atoms with van der Waals surface area (Å²) in [5.41, 5.74) is 4.87. The topological polar surface area (TPSA) is 49.8 Å². The third kappa shape index (κ3) is 4.80. The van der Waals surface area contributed by atoms with Gasteiger partial charge in [0, 0.05) is 18.4 Å². The fourth-order valence-corrected chi connectivity index (χ4v) is 2.68. The molecule has 0 spiro atoms. The van der Waals surface area contributed by atoms with Crippen molar-refractivity contribution < 1.29 is 0 Å². The molecule has 4 heteroatoms. The van der Waals surface area contributed by atoms with Crippen LogP contribution in [-0.2, 0) is 6.42 Å². The summed E-state index contributed by atoms with van der Waals surface area (Å²) in [6.45, 7) is 5.09. The van der Waals surface area contributed by atoms with Crippen LogP contribution in [0.5, 0.6) is 0 Å². The molecular weight excluding hydrogens is 308 g/mol. The summed E-state index contributed by atoms with van der Waals surface area (Å²) in [7, 11) is 0. The average Bonchev–Trinajstić information content (AvgIpc) is 2.64. The van der Waals surface area contributed by atoms with Crippen molar-refractivity contribution in [3.05, 3.63) is 77.5 Å². The lowest BCUT2D eigenvalue weighted by Gasteiger charge is -2.11. The SMILES string of the molecule is Cc1cccc(Nc2nccc(NCCCc3ccccc3)n2)c1C. The largest absolute Gasteiger partial charge is 0.370 e. The number of hydrogen-bond acceptors (Lipinski definition) is 4. The highest BCUT2D eigenvalue weighted by atomic mass is 15.1.